The first-order chi connectivity index (χ1) is 16.8. The van der Waals surface area contributed by atoms with Gasteiger partial charge in [0.2, 0.25) is 0 Å². The molecule has 1 aliphatic heterocycles. The van der Waals surface area contributed by atoms with Crippen molar-refractivity contribution in [2.75, 3.05) is 26.9 Å². The number of aliphatic hydroxyl groups excluding tert-OH is 1. The number of carboxylic acid groups (broad SMARTS) is 1. The number of rotatable bonds is 13. The second kappa shape index (κ2) is 13.0. The third-order valence-electron chi connectivity index (χ3n) is 4.84. The number of aliphatic carboxylic acids is 1. The number of aromatic nitrogens is 2. The lowest BCUT2D eigenvalue weighted by Crippen LogP contribution is -2.54. The summed E-state index contributed by atoms with van der Waals surface area (Å²) in [6.45, 7) is -0.800. The Labute approximate surface area is 210 Å². The standard InChI is InChI=1S/C19H30N3O12PS/c1-9(2)33-35(29,36)34-12-13(16(25)20-11(8-23)18(26)27)32-17(14(12)31-6-5-30-4)22-7-10(3)15(24)21-19(22)28/h7,9,11-14,17,23H,5-6,8H2,1-4H3,(H,20,25)(H,26,27)(H,29,36)(H,21,24,28)/p-2/t11?,12-,13-,14?,17-,35?/m0/s1. The maximum absolute atomic E-state index is 13.0. The highest BCUT2D eigenvalue weighted by Crippen LogP contribution is 2.47. The van der Waals surface area contributed by atoms with E-state index >= 15 is 0 Å². The van der Waals surface area contributed by atoms with Crippen molar-refractivity contribution in [3.63, 3.8) is 0 Å². The van der Waals surface area contributed by atoms with Crippen LogP contribution in [0, 0.1) is 6.92 Å². The fourth-order valence-corrected chi connectivity index (χ4v) is 5.18. The topological polar surface area (TPSA) is 214 Å². The lowest BCUT2D eigenvalue weighted by molar-refractivity contribution is -0.309. The monoisotopic (exact) mass is 553 g/mol. The van der Waals surface area contributed by atoms with E-state index in [1.165, 1.54) is 14.0 Å². The van der Waals surface area contributed by atoms with Crippen LogP contribution in [0.25, 0.3) is 0 Å². The largest absolute Gasteiger partial charge is 0.780 e. The van der Waals surface area contributed by atoms with Gasteiger partial charge in [-0.05, 0) is 20.8 Å². The summed E-state index contributed by atoms with van der Waals surface area (Å²) < 4.78 is 28.0. The van der Waals surface area contributed by atoms with Crippen LogP contribution < -0.4 is 26.6 Å². The molecule has 36 heavy (non-hydrogen) atoms. The number of hydrogen-bond donors (Lipinski definition) is 3. The number of carboxylic acids is 1. The number of nitrogens with one attached hydrogen (secondary N) is 2. The highest BCUT2D eigenvalue weighted by Gasteiger charge is 2.52. The molecule has 3 N–H and O–H groups in total. The van der Waals surface area contributed by atoms with Gasteiger partial charge in [0, 0.05) is 18.9 Å². The van der Waals surface area contributed by atoms with E-state index < -0.39 is 73.1 Å². The molecule has 0 bridgehead atoms. The minimum Gasteiger partial charge on any atom is -0.780 e. The van der Waals surface area contributed by atoms with E-state index in [1.54, 1.807) is 13.8 Å². The second-order valence-corrected chi connectivity index (χ2v) is 10.6. The number of ether oxygens (including phenoxy) is 3. The van der Waals surface area contributed by atoms with Gasteiger partial charge in [0.05, 0.1) is 37.9 Å². The van der Waals surface area contributed by atoms with Gasteiger partial charge in [-0.15, -0.1) is 0 Å². The molecule has 1 aromatic heterocycles. The highest BCUT2D eigenvalue weighted by atomic mass is 32.5. The molecule has 3 unspecified atom stereocenters. The summed E-state index contributed by atoms with van der Waals surface area (Å²) >= 11 is 4.94. The van der Waals surface area contributed by atoms with Gasteiger partial charge in [-0.2, -0.15) is 0 Å². The number of aromatic amines is 1. The van der Waals surface area contributed by atoms with Crippen molar-refractivity contribution in [3.05, 3.63) is 32.6 Å². The molecule has 2 rings (SSSR count). The van der Waals surface area contributed by atoms with Gasteiger partial charge in [0.1, 0.15) is 18.9 Å². The van der Waals surface area contributed by atoms with Crippen molar-refractivity contribution in [1.29, 1.82) is 0 Å². The molecule has 0 aromatic carbocycles. The van der Waals surface area contributed by atoms with Crippen molar-refractivity contribution >= 4 is 30.4 Å². The van der Waals surface area contributed by atoms with Gasteiger partial charge in [0.15, 0.2) is 12.3 Å². The zero-order valence-electron chi connectivity index (χ0n) is 19.9. The molecule has 1 amide bonds. The van der Waals surface area contributed by atoms with E-state index in [0.717, 1.165) is 10.8 Å². The average Bonchev–Trinajstić information content (AvgIpc) is 3.10. The maximum Gasteiger partial charge on any atom is 0.330 e. The number of amides is 1. The Hall–Kier alpha value is -2.01. The fourth-order valence-electron chi connectivity index (χ4n) is 3.27. The molecular formula is C19H28N3O12PS-2. The van der Waals surface area contributed by atoms with Gasteiger partial charge in [-0.3, -0.25) is 19.1 Å². The van der Waals surface area contributed by atoms with Crippen molar-refractivity contribution in [2.24, 2.45) is 0 Å². The number of hydrogen-bond acceptors (Lipinski definition) is 13. The molecule has 0 spiro atoms. The number of H-pyrrole nitrogens is 1. The van der Waals surface area contributed by atoms with E-state index in [4.69, 9.17) is 35.1 Å². The van der Waals surface area contributed by atoms with Crippen molar-refractivity contribution in [1.82, 2.24) is 14.9 Å². The molecule has 17 heteroatoms. The van der Waals surface area contributed by atoms with E-state index in [2.05, 4.69) is 4.98 Å². The molecule has 6 atom stereocenters. The van der Waals surface area contributed by atoms with Gasteiger partial charge in [-0.1, -0.05) is 11.8 Å². The molecule has 204 valence electrons. The lowest BCUT2D eigenvalue weighted by Gasteiger charge is -2.35. The Morgan fingerprint density at radius 1 is 1.33 bits per heavy atom. The Kier molecular flexibility index (Phi) is 10.9. The summed E-state index contributed by atoms with van der Waals surface area (Å²) in [6, 6.07) is -1.81. The van der Waals surface area contributed by atoms with Gasteiger partial charge in [0.25, 0.3) is 11.5 Å². The highest BCUT2D eigenvalue weighted by molar-refractivity contribution is 8.06. The van der Waals surface area contributed by atoms with Crippen LogP contribution in [-0.4, -0.2) is 83.9 Å². The Morgan fingerprint density at radius 2 is 2.00 bits per heavy atom. The van der Waals surface area contributed by atoms with Crippen molar-refractivity contribution < 1.29 is 48.0 Å². The summed E-state index contributed by atoms with van der Waals surface area (Å²) in [5, 5.41) is 22.5. The van der Waals surface area contributed by atoms with Crippen LogP contribution in [0.1, 0.15) is 25.6 Å². The molecule has 0 radical (unpaired) electrons. The maximum atomic E-state index is 13.0. The quantitative estimate of drug-likeness (QED) is 0.159. The van der Waals surface area contributed by atoms with Crippen LogP contribution in [0.5, 0.6) is 0 Å². The van der Waals surface area contributed by atoms with Crippen molar-refractivity contribution in [3.8, 4) is 0 Å². The lowest BCUT2D eigenvalue weighted by atomic mass is 10.1. The fraction of sp³-hybridized carbons (Fsp3) is 0.684. The first kappa shape index (κ1) is 30.2. The van der Waals surface area contributed by atoms with Gasteiger partial charge >= 0.3 is 5.69 Å². The number of nitrogens with zero attached hydrogens (tertiary/aromatic N) is 1. The van der Waals surface area contributed by atoms with Gasteiger partial charge < -0.3 is 48.5 Å². The molecular weight excluding hydrogens is 525 g/mol. The minimum absolute atomic E-state index is 0.0671. The molecule has 2 heterocycles. The first-order valence-corrected chi connectivity index (χ1v) is 13.2. The molecule has 1 saturated heterocycles. The normalized spacial score (nSPS) is 24.4. The van der Waals surface area contributed by atoms with Crippen LogP contribution in [0.3, 0.4) is 0 Å². The Bertz CT molecular complexity index is 1090. The number of carbonyl (C=O) groups excluding carboxylic acids is 2. The van der Waals surface area contributed by atoms with Crippen LogP contribution >= 0.6 is 6.72 Å². The molecule has 1 aliphatic rings. The summed E-state index contributed by atoms with van der Waals surface area (Å²) in [6.07, 6.45) is -5.59. The van der Waals surface area contributed by atoms with Crippen LogP contribution in [0.2, 0.25) is 0 Å². The molecule has 0 saturated carbocycles. The van der Waals surface area contributed by atoms with E-state index in [9.17, 15) is 34.3 Å². The molecule has 0 aliphatic carbocycles. The van der Waals surface area contributed by atoms with E-state index in [0.29, 0.717) is 0 Å². The average molecular weight is 553 g/mol. The molecule has 1 aromatic rings. The molecule has 1 fully saturated rings. The van der Waals surface area contributed by atoms with Crippen LogP contribution in [0.4, 0.5) is 0 Å². The van der Waals surface area contributed by atoms with Crippen LogP contribution in [0.15, 0.2) is 15.8 Å². The predicted octanol–water partition coefficient (Wildman–Crippen LogP) is -3.60. The van der Waals surface area contributed by atoms with E-state index in [-0.39, 0.29) is 18.8 Å². The number of aryl methyl sites for hydroxylation is 1. The Balaban J connectivity index is 2.56. The Morgan fingerprint density at radius 3 is 2.56 bits per heavy atom. The first-order valence-electron chi connectivity index (χ1n) is 10.7. The number of methoxy groups -OCH3 is 1. The second-order valence-electron chi connectivity index (χ2n) is 7.99. The third kappa shape index (κ3) is 7.74. The van der Waals surface area contributed by atoms with Crippen LogP contribution in [-0.2, 0) is 44.7 Å². The number of aliphatic hydroxyl groups is 1. The SMILES string of the molecule is COCCOC1[C@@H](OP([O-])(=S)OC(C)C)[C@@H](C(=O)NC(CO)C(=O)[O-])O[C@@H]1n1cc(C)c(=O)[nH]c1=O. The molecule has 15 nitrogen and oxygen atoms in total. The summed E-state index contributed by atoms with van der Waals surface area (Å²) in [7, 11) is 1.40. The third-order valence-corrected chi connectivity index (χ3v) is 6.54. The summed E-state index contributed by atoms with van der Waals surface area (Å²) in [5.74, 6) is -2.91. The zero-order chi connectivity index (χ0) is 27.2. The zero-order valence-corrected chi connectivity index (χ0v) is 21.6. The predicted molar refractivity (Wildman–Crippen MR) is 121 cm³/mol. The van der Waals surface area contributed by atoms with Crippen molar-refractivity contribution in [2.45, 2.75) is 57.5 Å². The minimum atomic E-state index is -4.27. The summed E-state index contributed by atoms with van der Waals surface area (Å²) in [5.41, 5.74) is -1.46. The number of carbonyl (C=O) groups is 2. The smallest absolute Gasteiger partial charge is 0.330 e. The van der Waals surface area contributed by atoms with E-state index in [1.807, 2.05) is 5.32 Å². The summed E-state index contributed by atoms with van der Waals surface area (Å²) in [4.78, 5) is 63.6. The van der Waals surface area contributed by atoms with Gasteiger partial charge in [-0.25, -0.2) is 4.79 Å².